The van der Waals surface area contributed by atoms with Gasteiger partial charge < -0.3 is 4.74 Å². The number of carbonyl (C=O) groups excluding carboxylic acids is 1. The van der Waals surface area contributed by atoms with E-state index in [9.17, 15) is 4.79 Å². The van der Waals surface area contributed by atoms with Crippen molar-refractivity contribution in [1.29, 1.82) is 0 Å². The summed E-state index contributed by atoms with van der Waals surface area (Å²) in [6, 6.07) is 8.21. The molecule has 0 aliphatic rings. The third kappa shape index (κ3) is 4.70. The van der Waals surface area contributed by atoms with Crippen LogP contribution in [0, 0.1) is 0 Å². The molecule has 1 unspecified atom stereocenters. The number of hydrogen-bond acceptors (Lipinski definition) is 2. The van der Waals surface area contributed by atoms with Crippen molar-refractivity contribution in [2.24, 2.45) is 0 Å². The number of carbonyl (C=O) groups is 1. The summed E-state index contributed by atoms with van der Waals surface area (Å²) in [5, 5.41) is 0. The maximum absolute atomic E-state index is 12.1. The number of hydrogen-bond donors (Lipinski definition) is 0. The Morgan fingerprint density at radius 1 is 1.11 bits per heavy atom. The van der Waals surface area contributed by atoms with E-state index >= 15 is 0 Å². The summed E-state index contributed by atoms with van der Waals surface area (Å²) in [5.74, 6) is -0.403. The molecule has 1 atom stereocenters. The van der Waals surface area contributed by atoms with E-state index in [2.05, 4.69) is 32.9 Å². The number of benzene rings is 1. The lowest BCUT2D eigenvalue weighted by atomic mass is 9.85. The van der Waals surface area contributed by atoms with Gasteiger partial charge in [-0.2, -0.15) is 0 Å². The van der Waals surface area contributed by atoms with Gasteiger partial charge in [0, 0.05) is 0 Å². The van der Waals surface area contributed by atoms with Gasteiger partial charge in [-0.15, -0.1) is 0 Å². The molecule has 2 heteroatoms. The minimum absolute atomic E-state index is 0.0870. The Morgan fingerprint density at radius 3 is 2.16 bits per heavy atom. The largest absolute Gasteiger partial charge is 0.460 e. The molecule has 0 bridgehead atoms. The molecule has 0 saturated carbocycles. The lowest BCUT2D eigenvalue weighted by Crippen LogP contribution is -2.27. The highest BCUT2D eigenvalue weighted by Crippen LogP contribution is 2.27. The van der Waals surface area contributed by atoms with E-state index in [1.54, 1.807) is 0 Å². The van der Waals surface area contributed by atoms with Crippen LogP contribution in [0.25, 0.3) is 0 Å². The third-order valence-corrected chi connectivity index (χ3v) is 3.01. The highest BCUT2D eigenvalue weighted by atomic mass is 16.6. The zero-order valence-electron chi connectivity index (χ0n) is 13.2. The Labute approximate surface area is 117 Å². The van der Waals surface area contributed by atoms with Crippen LogP contribution in [0.5, 0.6) is 0 Å². The minimum atomic E-state index is -0.438. The van der Waals surface area contributed by atoms with Crippen LogP contribution in [0.3, 0.4) is 0 Å². The first-order valence-corrected chi connectivity index (χ1v) is 6.84. The van der Waals surface area contributed by atoms with Crippen LogP contribution >= 0.6 is 0 Å². The molecule has 0 fully saturated rings. The van der Waals surface area contributed by atoms with Gasteiger partial charge in [-0.3, -0.25) is 4.79 Å². The van der Waals surface area contributed by atoms with Crippen LogP contribution in [0.2, 0.25) is 0 Å². The van der Waals surface area contributed by atoms with E-state index in [0.29, 0.717) is 0 Å². The molecule has 0 aromatic heterocycles. The zero-order chi connectivity index (χ0) is 14.8. The molecule has 1 aromatic carbocycles. The Balaban J connectivity index is 2.95. The smallest absolute Gasteiger partial charge is 0.313 e. The summed E-state index contributed by atoms with van der Waals surface area (Å²) in [5.41, 5.74) is 1.90. The summed E-state index contributed by atoms with van der Waals surface area (Å²) < 4.78 is 5.44. The fourth-order valence-corrected chi connectivity index (χ4v) is 1.80. The number of rotatable bonds is 2. The van der Waals surface area contributed by atoms with Gasteiger partial charge >= 0.3 is 5.97 Å². The second-order valence-corrected chi connectivity index (χ2v) is 7.13. The van der Waals surface area contributed by atoms with E-state index in [0.717, 1.165) is 5.56 Å². The molecule has 19 heavy (non-hydrogen) atoms. The van der Waals surface area contributed by atoms with E-state index in [4.69, 9.17) is 4.74 Å². The van der Waals surface area contributed by atoms with Gasteiger partial charge in [-0.25, -0.2) is 0 Å². The zero-order valence-corrected chi connectivity index (χ0v) is 13.2. The topological polar surface area (TPSA) is 26.3 Å². The first-order chi connectivity index (χ1) is 8.50. The van der Waals surface area contributed by atoms with Gasteiger partial charge in [-0.1, -0.05) is 45.0 Å². The SMILES string of the molecule is CC(C(=O)OC(C)(C)C)c1cccc(C(C)(C)C)c1. The van der Waals surface area contributed by atoms with Gasteiger partial charge in [0.1, 0.15) is 5.60 Å². The standard InChI is InChI=1S/C17H26O2/c1-12(15(18)19-17(5,6)7)13-9-8-10-14(11-13)16(2,3)4/h8-12H,1-7H3. The van der Waals surface area contributed by atoms with Crippen molar-refractivity contribution in [1.82, 2.24) is 0 Å². The molecule has 0 saturated heterocycles. The molecule has 106 valence electrons. The predicted octanol–water partition coefficient (Wildman–Crippen LogP) is 4.43. The predicted molar refractivity (Wildman–Crippen MR) is 79.4 cm³/mol. The molecule has 0 spiro atoms. The quantitative estimate of drug-likeness (QED) is 0.737. The second-order valence-electron chi connectivity index (χ2n) is 7.13. The maximum Gasteiger partial charge on any atom is 0.313 e. The van der Waals surface area contributed by atoms with Gasteiger partial charge in [0.15, 0.2) is 0 Å². The Kier molecular flexibility index (Phi) is 4.44. The average Bonchev–Trinajstić information content (AvgIpc) is 2.24. The third-order valence-electron chi connectivity index (χ3n) is 3.01. The summed E-state index contributed by atoms with van der Waals surface area (Å²) in [6.45, 7) is 14.1. The molecule has 0 radical (unpaired) electrons. The highest BCUT2D eigenvalue weighted by Gasteiger charge is 2.24. The number of esters is 1. The van der Waals surface area contributed by atoms with Crippen LogP contribution in [0.1, 0.15) is 65.5 Å². The molecular formula is C17H26O2. The first-order valence-electron chi connectivity index (χ1n) is 6.84. The number of ether oxygens (including phenoxy) is 1. The molecule has 0 heterocycles. The van der Waals surface area contributed by atoms with Crippen LogP contribution in [0.15, 0.2) is 24.3 Å². The lowest BCUT2D eigenvalue weighted by molar-refractivity contribution is -0.156. The Morgan fingerprint density at radius 2 is 1.68 bits per heavy atom. The average molecular weight is 262 g/mol. The summed E-state index contributed by atoms with van der Waals surface area (Å²) >= 11 is 0. The molecule has 0 aliphatic heterocycles. The van der Waals surface area contributed by atoms with Crippen molar-refractivity contribution in [3.8, 4) is 0 Å². The highest BCUT2D eigenvalue weighted by molar-refractivity contribution is 5.78. The molecule has 2 nitrogen and oxygen atoms in total. The maximum atomic E-state index is 12.1. The minimum Gasteiger partial charge on any atom is -0.460 e. The van der Waals surface area contributed by atoms with Crippen LogP contribution in [0.4, 0.5) is 0 Å². The fourth-order valence-electron chi connectivity index (χ4n) is 1.80. The molecule has 1 aromatic rings. The van der Waals surface area contributed by atoms with Crippen molar-refractivity contribution in [2.45, 2.75) is 65.4 Å². The summed E-state index contributed by atoms with van der Waals surface area (Å²) in [6.07, 6.45) is 0. The van der Waals surface area contributed by atoms with Gasteiger partial charge in [0.2, 0.25) is 0 Å². The van der Waals surface area contributed by atoms with E-state index in [1.807, 2.05) is 39.8 Å². The van der Waals surface area contributed by atoms with Crippen molar-refractivity contribution in [3.05, 3.63) is 35.4 Å². The van der Waals surface area contributed by atoms with Crippen LogP contribution in [-0.2, 0) is 14.9 Å². The first kappa shape index (κ1) is 15.7. The molecule has 1 rings (SSSR count). The molecular weight excluding hydrogens is 236 g/mol. The van der Waals surface area contributed by atoms with E-state index < -0.39 is 5.60 Å². The van der Waals surface area contributed by atoms with Crippen LogP contribution in [-0.4, -0.2) is 11.6 Å². The fraction of sp³-hybridized carbons (Fsp3) is 0.588. The van der Waals surface area contributed by atoms with Gasteiger partial charge in [0.25, 0.3) is 0 Å². The molecule has 0 N–H and O–H groups in total. The van der Waals surface area contributed by atoms with Crippen LogP contribution < -0.4 is 0 Å². The monoisotopic (exact) mass is 262 g/mol. The van der Waals surface area contributed by atoms with Crippen molar-refractivity contribution < 1.29 is 9.53 Å². The van der Waals surface area contributed by atoms with Crippen molar-refractivity contribution >= 4 is 5.97 Å². The van der Waals surface area contributed by atoms with Crippen molar-refractivity contribution in [2.75, 3.05) is 0 Å². The Bertz CT molecular complexity index is 447. The van der Waals surface area contributed by atoms with E-state index in [-0.39, 0.29) is 17.3 Å². The van der Waals surface area contributed by atoms with Crippen molar-refractivity contribution in [3.63, 3.8) is 0 Å². The van der Waals surface area contributed by atoms with Gasteiger partial charge in [-0.05, 0) is 44.2 Å². The second kappa shape index (κ2) is 5.36. The van der Waals surface area contributed by atoms with Gasteiger partial charge in [0.05, 0.1) is 5.92 Å². The lowest BCUT2D eigenvalue weighted by Gasteiger charge is -2.24. The summed E-state index contributed by atoms with van der Waals surface area (Å²) in [7, 11) is 0. The normalized spacial score (nSPS) is 14.1. The Hall–Kier alpha value is -1.31. The molecule has 0 amide bonds. The van der Waals surface area contributed by atoms with E-state index in [1.165, 1.54) is 5.56 Å². The molecule has 0 aliphatic carbocycles. The summed E-state index contributed by atoms with van der Waals surface area (Å²) in [4.78, 5) is 12.1.